The number of hydrogen-bond donors (Lipinski definition) is 1. The van der Waals surface area contributed by atoms with Gasteiger partial charge in [-0.05, 0) is 58.2 Å². The SMILES string of the molecule is C[C@H](OCC1(c2ccccc2)CCN(C(=O)OC(C)(C)C)CC1)c1cc(Cl)cc2cn[nH]c12. The van der Waals surface area contributed by atoms with Crippen LogP contribution in [0.4, 0.5) is 4.79 Å². The molecule has 4 rings (SSSR count). The number of H-pyrrole nitrogens is 1. The van der Waals surface area contributed by atoms with Gasteiger partial charge in [-0.3, -0.25) is 5.10 Å². The van der Waals surface area contributed by atoms with Crippen LogP contribution in [-0.2, 0) is 14.9 Å². The van der Waals surface area contributed by atoms with Crippen molar-refractivity contribution >= 4 is 28.6 Å². The predicted octanol–water partition coefficient (Wildman–Crippen LogP) is 6.26. The second-order valence-electron chi connectivity index (χ2n) is 9.90. The van der Waals surface area contributed by atoms with Crippen LogP contribution in [0.2, 0.25) is 5.02 Å². The van der Waals surface area contributed by atoms with Crippen LogP contribution < -0.4 is 0 Å². The van der Waals surface area contributed by atoms with Crippen LogP contribution in [0.3, 0.4) is 0 Å². The Morgan fingerprint density at radius 3 is 2.58 bits per heavy atom. The summed E-state index contributed by atoms with van der Waals surface area (Å²) in [5.74, 6) is 0. The van der Waals surface area contributed by atoms with Gasteiger partial charge in [0.15, 0.2) is 0 Å². The summed E-state index contributed by atoms with van der Waals surface area (Å²) >= 11 is 6.34. The van der Waals surface area contributed by atoms with Crippen molar-refractivity contribution in [1.29, 1.82) is 0 Å². The molecular formula is C26H32ClN3O3. The summed E-state index contributed by atoms with van der Waals surface area (Å²) in [6, 6.07) is 14.3. The molecule has 1 atom stereocenters. The summed E-state index contributed by atoms with van der Waals surface area (Å²) in [6.45, 7) is 9.52. The lowest BCUT2D eigenvalue weighted by molar-refractivity contribution is -0.00932. The van der Waals surface area contributed by atoms with Crippen LogP contribution in [0.15, 0.2) is 48.7 Å². The number of hydrogen-bond acceptors (Lipinski definition) is 4. The Morgan fingerprint density at radius 2 is 1.91 bits per heavy atom. The van der Waals surface area contributed by atoms with Crippen LogP contribution >= 0.6 is 11.6 Å². The number of carbonyl (C=O) groups excluding carboxylic acids is 1. The zero-order chi connectivity index (χ0) is 23.6. The molecule has 1 aromatic heterocycles. The average molecular weight is 470 g/mol. The lowest BCUT2D eigenvalue weighted by Crippen LogP contribution is -2.48. The van der Waals surface area contributed by atoms with Crippen molar-refractivity contribution < 1.29 is 14.3 Å². The van der Waals surface area contributed by atoms with Crippen LogP contribution in [-0.4, -0.2) is 46.5 Å². The third-order valence-corrected chi connectivity index (χ3v) is 6.57. The molecule has 3 aromatic rings. The predicted molar refractivity (Wildman–Crippen MR) is 131 cm³/mol. The Bertz CT molecular complexity index is 1100. The first-order valence-electron chi connectivity index (χ1n) is 11.4. The Hall–Kier alpha value is -2.57. The van der Waals surface area contributed by atoms with Gasteiger partial charge in [-0.1, -0.05) is 41.9 Å². The van der Waals surface area contributed by atoms with Gasteiger partial charge >= 0.3 is 6.09 Å². The van der Waals surface area contributed by atoms with Crippen LogP contribution in [0.1, 0.15) is 57.8 Å². The molecule has 2 aromatic carbocycles. The molecule has 7 heteroatoms. The number of amides is 1. The van der Waals surface area contributed by atoms with E-state index in [0.29, 0.717) is 24.7 Å². The molecule has 1 saturated heterocycles. The second-order valence-corrected chi connectivity index (χ2v) is 10.3. The van der Waals surface area contributed by atoms with E-state index < -0.39 is 5.60 Å². The van der Waals surface area contributed by atoms with E-state index in [2.05, 4.69) is 34.5 Å². The van der Waals surface area contributed by atoms with Gasteiger partial charge in [-0.25, -0.2) is 4.79 Å². The molecule has 0 bridgehead atoms. The van der Waals surface area contributed by atoms with Crippen molar-refractivity contribution in [2.45, 2.75) is 57.7 Å². The highest BCUT2D eigenvalue weighted by Crippen LogP contribution is 2.38. The standard InChI is InChI=1S/C26H32ClN3O3/c1-18(22-15-21(27)14-19-16-28-29-23(19)22)32-17-26(20-8-6-5-7-9-20)10-12-30(13-11-26)24(31)33-25(2,3)4/h5-9,14-16,18H,10-13,17H2,1-4H3,(H,28,29)/t18-/m0/s1. The van der Waals surface area contributed by atoms with E-state index in [1.165, 1.54) is 5.56 Å². The number of piperidine rings is 1. The largest absolute Gasteiger partial charge is 0.444 e. The molecule has 6 nitrogen and oxygen atoms in total. The number of carbonyl (C=O) groups is 1. The summed E-state index contributed by atoms with van der Waals surface area (Å²) in [4.78, 5) is 14.4. The first-order valence-corrected chi connectivity index (χ1v) is 11.8. The van der Waals surface area contributed by atoms with Gasteiger partial charge in [0, 0.05) is 34.5 Å². The Balaban J connectivity index is 1.52. The summed E-state index contributed by atoms with van der Waals surface area (Å²) < 4.78 is 12.1. The van der Waals surface area contributed by atoms with Crippen LogP contribution in [0, 0.1) is 0 Å². The minimum atomic E-state index is -0.501. The van der Waals surface area contributed by atoms with E-state index in [-0.39, 0.29) is 17.6 Å². The Kier molecular flexibility index (Phi) is 6.68. The molecule has 1 aliphatic rings. The number of halogens is 1. The highest BCUT2D eigenvalue weighted by atomic mass is 35.5. The molecule has 0 aliphatic carbocycles. The summed E-state index contributed by atoms with van der Waals surface area (Å²) in [5.41, 5.74) is 2.49. The van der Waals surface area contributed by atoms with Crippen LogP contribution in [0.25, 0.3) is 10.9 Å². The van der Waals surface area contributed by atoms with Crippen molar-refractivity contribution in [3.05, 3.63) is 64.8 Å². The normalized spacial score (nSPS) is 17.2. The van der Waals surface area contributed by atoms with Gasteiger partial charge in [0.05, 0.1) is 24.4 Å². The van der Waals surface area contributed by atoms with Crippen molar-refractivity contribution in [2.75, 3.05) is 19.7 Å². The lowest BCUT2D eigenvalue weighted by Gasteiger charge is -2.42. The van der Waals surface area contributed by atoms with E-state index in [0.717, 1.165) is 29.3 Å². The number of benzene rings is 2. The third kappa shape index (κ3) is 5.33. The molecule has 1 amide bonds. The fourth-order valence-electron chi connectivity index (χ4n) is 4.49. The number of aromatic amines is 1. The number of fused-ring (bicyclic) bond motifs is 1. The van der Waals surface area contributed by atoms with Gasteiger partial charge in [0.25, 0.3) is 0 Å². The number of aromatic nitrogens is 2. The molecule has 0 radical (unpaired) electrons. The maximum Gasteiger partial charge on any atom is 0.410 e. The fraction of sp³-hybridized carbons (Fsp3) is 0.462. The first-order chi connectivity index (χ1) is 15.7. The zero-order valence-electron chi connectivity index (χ0n) is 19.7. The minimum absolute atomic E-state index is 0.170. The van der Waals surface area contributed by atoms with Gasteiger partial charge in [-0.15, -0.1) is 0 Å². The van der Waals surface area contributed by atoms with Gasteiger partial charge in [0.2, 0.25) is 0 Å². The maximum absolute atomic E-state index is 12.6. The molecule has 1 N–H and O–H groups in total. The number of nitrogens with zero attached hydrogens (tertiary/aromatic N) is 2. The van der Waals surface area contributed by atoms with E-state index in [1.54, 1.807) is 11.1 Å². The van der Waals surface area contributed by atoms with Crippen molar-refractivity contribution in [2.24, 2.45) is 0 Å². The maximum atomic E-state index is 12.6. The van der Waals surface area contributed by atoms with Gasteiger partial charge in [-0.2, -0.15) is 5.10 Å². The Morgan fingerprint density at radius 1 is 1.21 bits per heavy atom. The topological polar surface area (TPSA) is 67.4 Å². The molecule has 0 saturated carbocycles. The van der Waals surface area contributed by atoms with Crippen LogP contribution in [0.5, 0.6) is 0 Å². The number of nitrogens with one attached hydrogen (secondary N) is 1. The van der Waals surface area contributed by atoms with E-state index in [9.17, 15) is 4.79 Å². The molecule has 176 valence electrons. The van der Waals surface area contributed by atoms with E-state index >= 15 is 0 Å². The highest BCUT2D eigenvalue weighted by Gasteiger charge is 2.39. The molecule has 1 fully saturated rings. The summed E-state index contributed by atoms with van der Waals surface area (Å²) in [7, 11) is 0. The number of rotatable bonds is 5. The van der Waals surface area contributed by atoms with Crippen molar-refractivity contribution in [1.82, 2.24) is 15.1 Å². The smallest absolute Gasteiger partial charge is 0.410 e. The number of ether oxygens (including phenoxy) is 2. The molecular weight excluding hydrogens is 438 g/mol. The van der Waals surface area contributed by atoms with E-state index in [4.69, 9.17) is 21.1 Å². The van der Waals surface area contributed by atoms with Crippen molar-refractivity contribution in [3.63, 3.8) is 0 Å². The second kappa shape index (κ2) is 9.35. The monoisotopic (exact) mass is 469 g/mol. The minimum Gasteiger partial charge on any atom is -0.444 e. The fourth-order valence-corrected chi connectivity index (χ4v) is 4.73. The lowest BCUT2D eigenvalue weighted by atomic mass is 9.73. The molecule has 0 spiro atoms. The average Bonchev–Trinajstić information content (AvgIpc) is 3.25. The zero-order valence-corrected chi connectivity index (χ0v) is 20.5. The molecule has 2 heterocycles. The quantitative estimate of drug-likeness (QED) is 0.478. The summed E-state index contributed by atoms with van der Waals surface area (Å²) in [5, 5.41) is 8.86. The first kappa shape index (κ1) is 23.6. The van der Waals surface area contributed by atoms with Gasteiger partial charge in [0.1, 0.15) is 5.60 Å². The molecule has 0 unspecified atom stereocenters. The van der Waals surface area contributed by atoms with Crippen molar-refractivity contribution in [3.8, 4) is 0 Å². The van der Waals surface area contributed by atoms with E-state index in [1.807, 2.05) is 45.9 Å². The molecule has 1 aliphatic heterocycles. The Labute approximate surface area is 200 Å². The molecule has 33 heavy (non-hydrogen) atoms. The summed E-state index contributed by atoms with van der Waals surface area (Å²) in [6.07, 6.45) is 2.96. The number of likely N-dealkylation sites (tertiary alicyclic amines) is 1. The van der Waals surface area contributed by atoms with Gasteiger partial charge < -0.3 is 14.4 Å². The third-order valence-electron chi connectivity index (χ3n) is 6.35. The highest BCUT2D eigenvalue weighted by molar-refractivity contribution is 6.31.